The molecule has 7 rings (SSSR count). The van der Waals surface area contributed by atoms with Gasteiger partial charge in [-0.15, -0.1) is 6.42 Å². The molecule has 80 heavy (non-hydrogen) atoms. The summed E-state index contributed by atoms with van der Waals surface area (Å²) in [4.78, 5) is 17.3. The van der Waals surface area contributed by atoms with Gasteiger partial charge in [-0.3, -0.25) is 0 Å². The molecule has 5 nitrogen and oxygen atoms in total. The number of benzene rings is 2. The molecule has 8 bridgehead atoms. The van der Waals surface area contributed by atoms with E-state index >= 15 is 0 Å². The van der Waals surface area contributed by atoms with Gasteiger partial charge in [0.15, 0.2) is 0 Å². The van der Waals surface area contributed by atoms with Crippen LogP contribution in [0.15, 0.2) is 84.9 Å². The van der Waals surface area contributed by atoms with Crippen molar-refractivity contribution in [3.63, 3.8) is 0 Å². The van der Waals surface area contributed by atoms with Gasteiger partial charge >= 0.3 is 0 Å². The number of ether oxygens (including phenoxy) is 1. The number of H-pyrrole nitrogens is 2. The predicted molar refractivity (Wildman–Crippen MR) is 408 cm³/mol. The number of nitrogens with one attached hydrogen (secondary N) is 2. The van der Waals surface area contributed by atoms with Gasteiger partial charge in [0.05, 0.1) is 22.8 Å². The molecule has 0 spiro atoms. The van der Waals surface area contributed by atoms with Crippen molar-refractivity contribution >= 4 is 46.4 Å². The number of aromatic amines is 2. The minimum absolute atomic E-state index is 0. The third kappa shape index (κ3) is 18.3. The van der Waals surface area contributed by atoms with Crippen LogP contribution in [0.3, 0.4) is 0 Å². The fourth-order valence-corrected chi connectivity index (χ4v) is 6.39. The summed E-state index contributed by atoms with van der Waals surface area (Å²) < 4.78 is 5.63. The average Bonchev–Trinajstić information content (AvgIpc) is 1.64. The normalized spacial score (nSPS) is 7.95. The van der Waals surface area contributed by atoms with Gasteiger partial charge < -0.3 is 14.7 Å². The number of rotatable bonds is 3. The van der Waals surface area contributed by atoms with Crippen molar-refractivity contribution in [2.24, 2.45) is 0 Å². The predicted octanol–water partition coefficient (Wildman–Crippen LogP) is 18.7. The van der Waals surface area contributed by atoms with E-state index in [1.807, 2.05) is 60.7 Å². The van der Waals surface area contributed by atoms with Crippen molar-refractivity contribution in [1.82, 2.24) is 19.9 Å². The fourth-order valence-electron chi connectivity index (χ4n) is 6.39. The first-order valence-electron chi connectivity index (χ1n) is 23.0. The van der Waals surface area contributed by atoms with Crippen LogP contribution in [0.2, 0.25) is 0 Å². The second-order valence-electron chi connectivity index (χ2n) is 14.8. The van der Waals surface area contributed by atoms with E-state index in [9.17, 15) is 0 Å². The van der Waals surface area contributed by atoms with Crippen molar-refractivity contribution in [1.29, 1.82) is 0 Å². The Balaban J connectivity index is -0.0000000518. The summed E-state index contributed by atoms with van der Waals surface area (Å²) in [7, 11) is 0. The molecular formula is C75H108N4O. The molecule has 2 aliphatic heterocycles. The Hall–Kier alpha value is -14.4. The van der Waals surface area contributed by atoms with Crippen LogP contribution < -0.4 is 4.74 Å². The third-order valence-electron chi connectivity index (χ3n) is 9.55. The summed E-state index contributed by atoms with van der Waals surface area (Å²) >= 11 is 0. The minimum atomic E-state index is 0. The number of hydrogen-bond acceptors (Lipinski definition) is 3. The largest absolute Gasteiger partial charge is 0.407 e. The lowest BCUT2D eigenvalue weighted by Crippen LogP contribution is -1.87. The highest BCUT2D eigenvalue weighted by atomic mass is 16.5. The van der Waals surface area contributed by atoms with Gasteiger partial charge in [0.1, 0.15) is 11.9 Å². The van der Waals surface area contributed by atoms with Crippen LogP contribution in [0, 0.1) is 256 Å². The van der Waals surface area contributed by atoms with E-state index < -0.39 is 0 Å². The monoisotopic (exact) mass is 1080 g/mol. The summed E-state index contributed by atoms with van der Waals surface area (Å²) in [5, 5.41) is 0. The molecule has 0 saturated heterocycles. The molecule has 3 aromatic heterocycles. The van der Waals surface area contributed by atoms with E-state index in [0.717, 1.165) is 67.1 Å². The lowest BCUT2D eigenvalue weighted by atomic mass is 10.0. The van der Waals surface area contributed by atoms with Crippen molar-refractivity contribution in [3.8, 4) is 277 Å². The van der Waals surface area contributed by atoms with Gasteiger partial charge in [0.2, 0.25) is 0 Å². The SMILES string of the molecule is C#CC#CC#CC#CC#CC#CC#CC#CC#CC#CC#CC#CC#CC#CC#CC#CC#CC#CC#CC#CC#COc1ccc(-c2c3nc(cc4ccc([nH]4)c(-c4ccc(C)cc4)c4nc(cc5ccc2[nH]5)C=C4)C=C3)cc1.[HH].[HH].[HH].[HH].[HH].[HH].[HH].[HH].[HH].[HH].[HH].[HH].[HH].[HH].[HH].[HH].[HH].[HH].[HH].[HH].[HH].[HH].[HH].[HH].[HH].[HH].[HH].[HH].[HH].[HH].[HH].[HH].[HH].[HH].[HH].[HH].[HH].[HH].[HH].[HH].[HH].[HH]. The summed E-state index contributed by atoms with van der Waals surface area (Å²) in [6, 6.07) is 28.5. The van der Waals surface area contributed by atoms with Gasteiger partial charge in [-0.05, 0) is 138 Å². The molecule has 5 heterocycles. The fraction of sp³-hybridized carbons (Fsp3) is 0.0133. The Labute approximate surface area is 528 Å². The van der Waals surface area contributed by atoms with Crippen LogP contribution in [-0.4, -0.2) is 19.9 Å². The molecular weight excluding hydrogens is 973 g/mol. The first-order valence-corrected chi connectivity index (χ1v) is 23.0. The van der Waals surface area contributed by atoms with Crippen LogP contribution in [0.4, 0.5) is 0 Å². The quantitative estimate of drug-likeness (QED) is 0.173. The molecule has 0 saturated carbocycles. The van der Waals surface area contributed by atoms with Crippen molar-refractivity contribution in [3.05, 3.63) is 113 Å². The maximum atomic E-state index is 5.63. The number of hydrogen-bond donors (Lipinski definition) is 2. The van der Waals surface area contributed by atoms with Crippen LogP contribution in [-0.2, 0) is 0 Å². The summed E-state index contributed by atoms with van der Waals surface area (Å²) in [5.74, 6) is 101. The Bertz CT molecular complexity index is 5220. The molecule has 0 fully saturated rings. The van der Waals surface area contributed by atoms with Crippen LogP contribution >= 0.6 is 0 Å². The standard InChI is InChI=1S/C75H24N4O.42H2/c1-3-4-5-6-7-8-9-10-11-12-13-14-15-16-17-18-19-20-21-22-23-24-25-26-27-28-29-30-31-32-33-34-35-36-37-38-39-40-41-42-59-80-69-53-47-64(48-54-69)75-72-57-51-67(78-72)60-65-49-55-70(76-65)74(63-45-43-62(2)44-46-63)71-56-50-66(77-71)61-68-52-58-73(75)79-68;;;;;;;;;;;;;;;;;;;;;;;;;;;;;;;;;;;;;;;;;;/h1,43-58,60-61,76,79H,2H3;42*1H. The van der Waals surface area contributed by atoms with E-state index in [0.29, 0.717) is 5.75 Å². The van der Waals surface area contributed by atoms with Crippen LogP contribution in [0.1, 0.15) is 88.3 Å². The molecule has 2 N–H and O–H groups in total. The van der Waals surface area contributed by atoms with Gasteiger partial charge in [-0.25, -0.2) is 9.97 Å². The Kier molecular flexibility index (Phi) is 20.8. The topological polar surface area (TPSA) is 66.6 Å². The zero-order chi connectivity index (χ0) is 55.3. The van der Waals surface area contributed by atoms with Crippen molar-refractivity contribution < 1.29 is 64.7 Å². The van der Waals surface area contributed by atoms with E-state index in [4.69, 9.17) is 21.1 Å². The van der Waals surface area contributed by atoms with E-state index in [1.54, 1.807) is 0 Å². The molecule has 0 radical (unpaired) electrons. The number of aryl methyl sites for hydroxylation is 1. The highest BCUT2D eigenvalue weighted by Crippen LogP contribution is 2.33. The molecule has 0 unspecified atom stereocenters. The molecule has 434 valence electrons. The molecule has 0 aliphatic carbocycles. The van der Waals surface area contributed by atoms with Crippen LogP contribution in [0.25, 0.3) is 68.6 Å². The first-order chi connectivity index (χ1) is 39.6. The number of terminal acetylenes is 1. The van der Waals surface area contributed by atoms with Gasteiger partial charge in [0, 0.05) is 283 Å². The second kappa shape index (κ2) is 31.1. The Morgan fingerprint density at radius 3 is 0.975 bits per heavy atom. The maximum Gasteiger partial charge on any atom is 0.140 e. The number of fused-ring (bicyclic) bond motifs is 8. The Morgan fingerprint density at radius 2 is 0.650 bits per heavy atom. The minimum Gasteiger partial charge on any atom is -0.407 e. The van der Waals surface area contributed by atoms with E-state index in [2.05, 4.69) is 308 Å². The van der Waals surface area contributed by atoms with Crippen LogP contribution in [0.5, 0.6) is 5.75 Å². The average molecular weight is 1080 g/mol. The lowest BCUT2D eigenvalue weighted by Gasteiger charge is -2.05. The zero-order valence-electron chi connectivity index (χ0n) is 41.8. The molecule has 5 heteroatoms. The summed E-state index contributed by atoms with van der Waals surface area (Å²) in [5.41, 5.74) is 12.2. The second-order valence-corrected chi connectivity index (χ2v) is 14.8. The van der Waals surface area contributed by atoms with Gasteiger partial charge in [-0.1, -0.05) is 42.0 Å². The molecule has 0 atom stereocenters. The first kappa shape index (κ1) is 53.4. The van der Waals surface area contributed by atoms with E-state index in [1.165, 1.54) is 5.56 Å². The number of nitrogens with zero attached hydrogens (tertiary/aromatic N) is 2. The van der Waals surface area contributed by atoms with Crippen molar-refractivity contribution in [2.45, 2.75) is 6.92 Å². The molecule has 2 aromatic carbocycles. The molecule has 2 aliphatic rings. The highest BCUT2D eigenvalue weighted by Gasteiger charge is 2.13. The smallest absolute Gasteiger partial charge is 0.140 e. The third-order valence-corrected chi connectivity index (χ3v) is 9.55. The molecule has 5 aromatic rings. The zero-order valence-corrected chi connectivity index (χ0v) is 41.8. The maximum absolute atomic E-state index is 5.63. The summed E-state index contributed by atoms with van der Waals surface area (Å²) in [6.45, 7) is 2.09. The van der Waals surface area contributed by atoms with Crippen molar-refractivity contribution in [2.75, 3.05) is 0 Å². The van der Waals surface area contributed by atoms with E-state index in [-0.39, 0.29) is 59.9 Å². The van der Waals surface area contributed by atoms with Gasteiger partial charge in [-0.2, -0.15) is 0 Å². The summed E-state index contributed by atoms with van der Waals surface area (Å²) in [6.07, 6.45) is 15.7. The Morgan fingerprint density at radius 1 is 0.350 bits per heavy atom. The number of aromatic nitrogens is 4. The lowest BCUT2D eigenvalue weighted by molar-refractivity contribution is 0.520. The van der Waals surface area contributed by atoms with Gasteiger partial charge in [0.25, 0.3) is 0 Å². The highest BCUT2D eigenvalue weighted by molar-refractivity contribution is 5.93. The molecule has 0 amide bonds.